The summed E-state index contributed by atoms with van der Waals surface area (Å²) in [4.78, 5) is 6.39. The van der Waals surface area contributed by atoms with E-state index in [1.54, 1.807) is 0 Å². The molecule has 0 fully saturated rings. The van der Waals surface area contributed by atoms with Gasteiger partial charge in [-0.25, -0.2) is 13.6 Å². The van der Waals surface area contributed by atoms with Crippen molar-refractivity contribution in [1.82, 2.24) is 15.1 Å². The van der Waals surface area contributed by atoms with Crippen LogP contribution in [0.1, 0.15) is 5.89 Å². The van der Waals surface area contributed by atoms with Crippen LogP contribution in [0.5, 0.6) is 0 Å². The van der Waals surface area contributed by atoms with Crippen LogP contribution in [0.25, 0.3) is 11.4 Å². The van der Waals surface area contributed by atoms with Crippen LogP contribution in [0.4, 0.5) is 36.4 Å². The number of aromatic nitrogens is 3. The van der Waals surface area contributed by atoms with Gasteiger partial charge in [0.25, 0.3) is 0 Å². The van der Waals surface area contributed by atoms with Crippen molar-refractivity contribution in [2.45, 2.75) is 16.7 Å². The summed E-state index contributed by atoms with van der Waals surface area (Å²) < 4.78 is 112. The molecule has 14 heteroatoms. The number of pyridine rings is 1. The average molecular weight is 440 g/mol. The van der Waals surface area contributed by atoms with Gasteiger partial charge in [0.05, 0.1) is 11.3 Å². The van der Waals surface area contributed by atoms with E-state index in [1.807, 2.05) is 0 Å². The highest BCUT2D eigenvalue weighted by Crippen LogP contribution is 2.36. The van der Waals surface area contributed by atoms with Crippen molar-refractivity contribution in [2.75, 3.05) is 0 Å². The molecule has 2 heterocycles. The summed E-state index contributed by atoms with van der Waals surface area (Å²) in [5.74, 6) is -3.80. The standard InChI is InChI=1S/C15H7F7N4O2S/c16-10-7-8(4-5-9(10)12-24-13(28-25-12)14(17,18)19)26-29(27,15(20,21)22)11-3-1-2-6-23-11/h1-7H. The minimum atomic E-state index is -5.33. The molecule has 3 aromatic rings. The quantitative estimate of drug-likeness (QED) is 0.538. The molecule has 0 bridgehead atoms. The Kier molecular flexibility index (Phi) is 5.06. The van der Waals surface area contributed by atoms with Gasteiger partial charge in [0.1, 0.15) is 10.8 Å². The molecule has 0 aliphatic heterocycles. The molecule has 0 spiro atoms. The number of hydrogen-bond acceptors (Lipinski definition) is 6. The first-order valence-electron chi connectivity index (χ1n) is 7.37. The number of hydrogen-bond donors (Lipinski definition) is 0. The smallest absolute Gasteiger partial charge is 0.329 e. The van der Waals surface area contributed by atoms with Gasteiger partial charge < -0.3 is 4.52 Å². The zero-order valence-corrected chi connectivity index (χ0v) is 14.5. The summed E-state index contributed by atoms with van der Waals surface area (Å²) in [6.45, 7) is 0. The van der Waals surface area contributed by atoms with Crippen molar-refractivity contribution < 1.29 is 39.5 Å². The Balaban J connectivity index is 2.08. The van der Waals surface area contributed by atoms with E-state index < -0.39 is 55.2 Å². The fourth-order valence-electron chi connectivity index (χ4n) is 2.07. The van der Waals surface area contributed by atoms with Crippen molar-refractivity contribution in [2.24, 2.45) is 4.36 Å². The summed E-state index contributed by atoms with van der Waals surface area (Å²) in [6, 6.07) is 5.37. The predicted octanol–water partition coefficient (Wildman–Crippen LogP) is 4.97. The fraction of sp³-hybridized carbons (Fsp3) is 0.133. The Hall–Kier alpha value is -3.03. The molecule has 154 valence electrons. The monoisotopic (exact) mass is 440 g/mol. The Morgan fingerprint density at radius 2 is 1.76 bits per heavy atom. The molecule has 1 unspecified atom stereocenters. The maximum atomic E-state index is 14.3. The van der Waals surface area contributed by atoms with Crippen LogP contribution in [0, 0.1) is 5.82 Å². The van der Waals surface area contributed by atoms with Crippen molar-refractivity contribution in [3.63, 3.8) is 0 Å². The van der Waals surface area contributed by atoms with Crippen LogP contribution in [-0.2, 0) is 15.9 Å². The van der Waals surface area contributed by atoms with Gasteiger partial charge in [0.2, 0.25) is 5.82 Å². The first-order chi connectivity index (χ1) is 13.4. The van der Waals surface area contributed by atoms with E-state index >= 15 is 0 Å². The Labute approximate surface area is 157 Å². The maximum Gasteiger partial charge on any atom is 0.485 e. The Bertz CT molecular complexity index is 1150. The van der Waals surface area contributed by atoms with Gasteiger partial charge in [0.15, 0.2) is 9.73 Å². The molecule has 3 rings (SSSR count). The number of nitrogens with zero attached hydrogens (tertiary/aromatic N) is 4. The summed E-state index contributed by atoms with van der Waals surface area (Å²) in [5, 5.41) is 2.10. The highest BCUT2D eigenvalue weighted by Gasteiger charge is 2.46. The molecule has 0 N–H and O–H groups in total. The van der Waals surface area contributed by atoms with Crippen molar-refractivity contribution in [3.8, 4) is 11.4 Å². The SMILES string of the molecule is O=S(=Nc1ccc(-c2noc(C(F)(F)F)n2)c(F)c1)(c1ccccn1)C(F)(F)F. The van der Waals surface area contributed by atoms with Crippen molar-refractivity contribution in [1.29, 1.82) is 0 Å². The molecule has 6 nitrogen and oxygen atoms in total. The second-order valence-corrected chi connectivity index (χ2v) is 7.43. The first kappa shape index (κ1) is 20.7. The molecule has 0 aliphatic rings. The lowest BCUT2D eigenvalue weighted by Gasteiger charge is -2.13. The van der Waals surface area contributed by atoms with Crippen LogP contribution < -0.4 is 0 Å². The van der Waals surface area contributed by atoms with E-state index in [4.69, 9.17) is 0 Å². The summed E-state index contributed by atoms with van der Waals surface area (Å²) in [7, 11) is -5.10. The van der Waals surface area contributed by atoms with E-state index in [1.165, 1.54) is 12.1 Å². The Morgan fingerprint density at radius 1 is 1.03 bits per heavy atom. The number of rotatable bonds is 3. The second-order valence-electron chi connectivity index (χ2n) is 5.32. The fourth-order valence-corrected chi connectivity index (χ4v) is 3.38. The minimum Gasteiger partial charge on any atom is -0.329 e. The van der Waals surface area contributed by atoms with E-state index in [0.29, 0.717) is 6.07 Å². The van der Waals surface area contributed by atoms with E-state index in [2.05, 4.69) is 24.0 Å². The third kappa shape index (κ3) is 4.06. The summed E-state index contributed by atoms with van der Waals surface area (Å²) in [5.41, 5.74) is -6.59. The van der Waals surface area contributed by atoms with Crippen molar-refractivity contribution in [3.05, 3.63) is 54.3 Å². The highest BCUT2D eigenvalue weighted by atomic mass is 32.2. The molecule has 0 amide bonds. The third-order valence-electron chi connectivity index (χ3n) is 3.33. The van der Waals surface area contributed by atoms with Gasteiger partial charge in [0, 0.05) is 12.3 Å². The second kappa shape index (κ2) is 7.09. The van der Waals surface area contributed by atoms with Crippen molar-refractivity contribution >= 4 is 15.4 Å². The number of benzene rings is 1. The van der Waals surface area contributed by atoms with Gasteiger partial charge in [-0.3, -0.25) is 0 Å². The lowest BCUT2D eigenvalue weighted by Crippen LogP contribution is -2.23. The molecule has 0 aliphatic carbocycles. The largest absolute Gasteiger partial charge is 0.485 e. The lowest BCUT2D eigenvalue weighted by atomic mass is 10.2. The van der Waals surface area contributed by atoms with Gasteiger partial charge in [-0.05, 0) is 24.3 Å². The molecule has 1 aromatic carbocycles. The number of alkyl halides is 6. The normalized spacial score (nSPS) is 14.4. The molecule has 0 radical (unpaired) electrons. The number of halogens is 7. The van der Waals surface area contributed by atoms with Crippen LogP contribution >= 0.6 is 0 Å². The molecule has 1 atom stereocenters. The molecular formula is C15H7F7N4O2S. The molecular weight excluding hydrogens is 433 g/mol. The molecule has 0 saturated carbocycles. The predicted molar refractivity (Wildman–Crippen MR) is 83.5 cm³/mol. The van der Waals surface area contributed by atoms with Gasteiger partial charge >= 0.3 is 17.6 Å². The zero-order valence-electron chi connectivity index (χ0n) is 13.7. The van der Waals surface area contributed by atoms with E-state index in [-0.39, 0.29) is 0 Å². The van der Waals surface area contributed by atoms with Crippen LogP contribution in [0.2, 0.25) is 0 Å². The van der Waals surface area contributed by atoms with Crippen LogP contribution in [-0.4, -0.2) is 24.8 Å². The van der Waals surface area contributed by atoms with Crippen LogP contribution in [0.3, 0.4) is 0 Å². The van der Waals surface area contributed by atoms with Gasteiger partial charge in [-0.2, -0.15) is 35.7 Å². The van der Waals surface area contributed by atoms with Crippen LogP contribution in [0.15, 0.2) is 56.5 Å². The molecule has 29 heavy (non-hydrogen) atoms. The highest BCUT2D eigenvalue weighted by molar-refractivity contribution is 7.94. The Morgan fingerprint density at radius 3 is 2.28 bits per heavy atom. The third-order valence-corrected chi connectivity index (χ3v) is 5.23. The summed E-state index contributed by atoms with van der Waals surface area (Å²) >= 11 is 0. The zero-order chi connectivity index (χ0) is 21.4. The topological polar surface area (TPSA) is 81.2 Å². The van der Waals surface area contributed by atoms with Gasteiger partial charge in [-0.15, -0.1) is 0 Å². The summed E-state index contributed by atoms with van der Waals surface area (Å²) in [6.07, 6.45) is -3.98. The minimum absolute atomic E-state index is 0.452. The maximum absolute atomic E-state index is 14.3. The average Bonchev–Trinajstić information content (AvgIpc) is 3.12. The molecule has 0 saturated heterocycles. The lowest BCUT2D eigenvalue weighted by molar-refractivity contribution is -0.159. The van der Waals surface area contributed by atoms with Gasteiger partial charge in [-0.1, -0.05) is 11.2 Å². The van der Waals surface area contributed by atoms with E-state index in [9.17, 15) is 34.9 Å². The molecule has 2 aromatic heterocycles. The first-order valence-corrected chi connectivity index (χ1v) is 8.88. The van der Waals surface area contributed by atoms with E-state index in [0.717, 1.165) is 24.4 Å².